The van der Waals surface area contributed by atoms with Gasteiger partial charge in [-0.05, 0) is 0 Å². The first-order chi connectivity index (χ1) is 14.8. The summed E-state index contributed by atoms with van der Waals surface area (Å²) in [4.78, 5) is 0. The Labute approximate surface area is 217 Å². The van der Waals surface area contributed by atoms with Crippen LogP contribution in [0.1, 0.15) is 38.7 Å². The van der Waals surface area contributed by atoms with Crippen molar-refractivity contribution in [2.24, 2.45) is 0 Å². The minimum absolute atomic E-state index is 0. The Hall–Kier alpha value is -1.92. The average Bonchev–Trinajstić information content (AvgIpc) is 3.26. The van der Waals surface area contributed by atoms with E-state index in [1.807, 2.05) is 0 Å². The van der Waals surface area contributed by atoms with Crippen molar-refractivity contribution in [2.45, 2.75) is 16.5 Å². The second kappa shape index (κ2) is 9.14. The van der Waals surface area contributed by atoms with Gasteiger partial charge in [-0.2, -0.15) is 0 Å². The Morgan fingerprint density at radius 2 is 1.06 bits per heavy atom. The van der Waals surface area contributed by atoms with Crippen molar-refractivity contribution in [2.75, 3.05) is 0 Å². The van der Waals surface area contributed by atoms with Crippen molar-refractivity contribution in [1.82, 2.24) is 0 Å². The van der Waals surface area contributed by atoms with E-state index in [4.69, 9.17) is 0 Å². The molecule has 4 aromatic carbocycles. The Bertz CT molecular complexity index is 1280. The Morgan fingerprint density at radius 3 is 1.69 bits per heavy atom. The molecule has 0 saturated heterocycles. The molecule has 0 heterocycles. The van der Waals surface area contributed by atoms with Crippen molar-refractivity contribution >= 4 is 5.57 Å². The van der Waals surface area contributed by atoms with Crippen LogP contribution in [0.25, 0.3) is 27.8 Å². The molecule has 0 saturated carbocycles. The summed E-state index contributed by atoms with van der Waals surface area (Å²) in [6.07, 6.45) is 0. The Balaban J connectivity index is 0.00000122. The van der Waals surface area contributed by atoms with Crippen LogP contribution in [0.2, 0.25) is 0 Å². The first-order valence-corrected chi connectivity index (χ1v) is 12.0. The van der Waals surface area contributed by atoms with Gasteiger partial charge in [0.15, 0.2) is 0 Å². The standard InChI is InChI=1S/C29H21.2ClH.Zr/c1-19-18-21-12-9-17-22(20-10-3-2-4-11-20)28(21)27(19)29-25-15-7-5-13-23(25)24-14-6-8-16-26(24)29;;;/h2-18,29H,1H3;2*1H;/q;;;+2/p-2. The normalized spacial score (nSPS) is 16.0. The van der Waals surface area contributed by atoms with Gasteiger partial charge in [0, 0.05) is 0 Å². The zero-order valence-corrected chi connectivity index (χ0v) is 21.6. The maximum Gasteiger partial charge on any atom is -1.00 e. The average molecular weight is 532 g/mol. The van der Waals surface area contributed by atoms with Gasteiger partial charge in [-0.1, -0.05) is 0 Å². The largest absolute Gasteiger partial charge is 1.00 e. The maximum absolute atomic E-state index is 2.37. The first kappa shape index (κ1) is 23.2. The quantitative estimate of drug-likeness (QED) is 0.369. The summed E-state index contributed by atoms with van der Waals surface area (Å²) in [5, 5.41) is 0. The predicted octanol–water partition coefficient (Wildman–Crippen LogP) is 1.55. The van der Waals surface area contributed by atoms with Gasteiger partial charge in [0.1, 0.15) is 0 Å². The molecule has 1 unspecified atom stereocenters. The molecule has 0 nitrogen and oxygen atoms in total. The van der Waals surface area contributed by atoms with E-state index < -0.39 is 0 Å². The van der Waals surface area contributed by atoms with E-state index in [1.165, 1.54) is 50.1 Å². The zero-order valence-electron chi connectivity index (χ0n) is 17.6. The molecule has 2 aliphatic carbocycles. The molecule has 0 radical (unpaired) electrons. The van der Waals surface area contributed by atoms with Crippen LogP contribution in [0.3, 0.4) is 0 Å². The van der Waals surface area contributed by atoms with Crippen LogP contribution in [0.5, 0.6) is 0 Å². The van der Waals surface area contributed by atoms with Crippen molar-refractivity contribution in [1.29, 1.82) is 0 Å². The summed E-state index contributed by atoms with van der Waals surface area (Å²) in [7, 11) is 0. The van der Waals surface area contributed by atoms with Crippen molar-refractivity contribution in [3.63, 3.8) is 0 Å². The van der Waals surface area contributed by atoms with Gasteiger partial charge in [-0.15, -0.1) is 0 Å². The number of fused-ring (bicyclic) bond motifs is 4. The number of rotatable bonds is 2. The molecule has 0 N–H and O–H groups in total. The van der Waals surface area contributed by atoms with Gasteiger partial charge >= 0.3 is 194 Å². The molecule has 3 heteroatoms. The molecule has 0 amide bonds. The minimum atomic E-state index is 0. The molecule has 0 aromatic heterocycles. The molecule has 4 aromatic rings. The molecule has 6 rings (SSSR count). The van der Waals surface area contributed by atoms with Crippen molar-refractivity contribution in [3.05, 3.63) is 125 Å². The molecule has 2 aliphatic rings. The van der Waals surface area contributed by atoms with Gasteiger partial charge in [0.05, 0.1) is 0 Å². The Morgan fingerprint density at radius 1 is 0.562 bits per heavy atom. The number of halogens is 2. The van der Waals surface area contributed by atoms with Crippen LogP contribution in [0.4, 0.5) is 0 Å². The van der Waals surface area contributed by atoms with E-state index in [2.05, 4.69) is 104 Å². The topological polar surface area (TPSA) is 0 Å². The predicted molar refractivity (Wildman–Crippen MR) is 121 cm³/mol. The molecule has 1 atom stereocenters. The molecule has 0 aliphatic heterocycles. The van der Waals surface area contributed by atoms with Crippen LogP contribution in [-0.4, -0.2) is 0 Å². The number of hydrogen-bond acceptors (Lipinski definition) is 0. The maximum atomic E-state index is 2.37. The van der Waals surface area contributed by atoms with E-state index in [-0.39, 0.29) is 24.8 Å². The van der Waals surface area contributed by atoms with E-state index in [9.17, 15) is 0 Å². The molecular weight excluding hydrogens is 510 g/mol. The van der Waals surface area contributed by atoms with Crippen LogP contribution in [0.15, 0.2) is 103 Å². The smallest absolute Gasteiger partial charge is 1.00 e. The molecule has 0 bridgehead atoms. The van der Waals surface area contributed by atoms with E-state index in [1.54, 1.807) is 30.3 Å². The summed E-state index contributed by atoms with van der Waals surface area (Å²) in [6.45, 7) is 2.37. The second-order valence-corrected chi connectivity index (χ2v) is 9.69. The van der Waals surface area contributed by atoms with Gasteiger partial charge in [-0.3, -0.25) is 0 Å². The summed E-state index contributed by atoms with van der Waals surface area (Å²) < 4.78 is 0.533. The van der Waals surface area contributed by atoms with Gasteiger partial charge in [0.2, 0.25) is 0 Å². The first-order valence-electron chi connectivity index (χ1n) is 10.5. The monoisotopic (exact) mass is 529 g/mol. The number of benzene rings is 4. The third-order valence-electron chi connectivity index (χ3n) is 6.74. The molecule has 0 spiro atoms. The summed E-state index contributed by atoms with van der Waals surface area (Å²) in [5.41, 5.74) is 14.4. The van der Waals surface area contributed by atoms with Crippen LogP contribution < -0.4 is 24.8 Å². The fourth-order valence-electron chi connectivity index (χ4n) is 5.39. The molecule has 0 fully saturated rings. The molecule has 32 heavy (non-hydrogen) atoms. The Kier molecular flexibility index (Phi) is 6.64. The van der Waals surface area contributed by atoms with E-state index in [0.29, 0.717) is 9.54 Å². The second-order valence-electron chi connectivity index (χ2n) is 8.27. The zero-order chi connectivity index (χ0) is 20.2. The van der Waals surface area contributed by atoms with E-state index in [0.717, 1.165) is 0 Å². The SMILES string of the molecule is CC1=C(C2c3ccccc3-c3ccccc32)c2c(-c3ccccc3)cccc2[CH]1[Zr+2].[Cl-].[Cl-]. The summed E-state index contributed by atoms with van der Waals surface area (Å²) in [6, 6.07) is 35.8. The molecular formula is C29H21Cl2Zr. The van der Waals surface area contributed by atoms with Crippen LogP contribution in [-0.2, 0) is 24.7 Å². The van der Waals surface area contributed by atoms with Gasteiger partial charge < -0.3 is 24.8 Å². The fourth-order valence-corrected chi connectivity index (χ4v) is 6.37. The van der Waals surface area contributed by atoms with Crippen molar-refractivity contribution in [3.8, 4) is 22.3 Å². The third-order valence-corrected chi connectivity index (χ3v) is 8.57. The summed E-state index contributed by atoms with van der Waals surface area (Å²) in [5.74, 6) is 0.312. The van der Waals surface area contributed by atoms with Crippen molar-refractivity contribution < 1.29 is 49.5 Å². The number of allylic oxidation sites excluding steroid dienone is 2. The van der Waals surface area contributed by atoms with Gasteiger partial charge in [-0.25, -0.2) is 0 Å². The van der Waals surface area contributed by atoms with Crippen LogP contribution in [0, 0.1) is 0 Å². The minimum Gasteiger partial charge on any atom is -1.00 e. The fraction of sp³-hybridized carbons (Fsp3) is 0.103. The van der Waals surface area contributed by atoms with Crippen LogP contribution >= 0.6 is 0 Å². The van der Waals surface area contributed by atoms with Gasteiger partial charge in [0.25, 0.3) is 0 Å². The molecule has 155 valence electrons. The third kappa shape index (κ3) is 3.38. The number of hydrogen-bond donors (Lipinski definition) is 0. The summed E-state index contributed by atoms with van der Waals surface area (Å²) >= 11 is 1.57. The van der Waals surface area contributed by atoms with E-state index >= 15 is 0 Å².